The molecule has 0 aliphatic rings. The summed E-state index contributed by atoms with van der Waals surface area (Å²) in [6.07, 6.45) is 3.21. The Balaban J connectivity index is 3.50. The molecule has 0 unspecified atom stereocenters. The summed E-state index contributed by atoms with van der Waals surface area (Å²) in [6, 6.07) is 0. The minimum atomic E-state index is -0.804. The molecule has 0 rings (SSSR count). The van der Waals surface area contributed by atoms with Crippen LogP contribution in [-0.4, -0.2) is 17.0 Å². The molecule has 0 aromatic heterocycles. The number of rotatable bonds is 3. The number of allylic oxidation sites excluding steroid dienone is 1. The molecule has 0 heterocycles. The quantitative estimate of drug-likeness (QED) is 0.573. The molecule has 1 N–H and O–H groups in total. The van der Waals surface area contributed by atoms with Gasteiger partial charge in [0, 0.05) is 0 Å². The summed E-state index contributed by atoms with van der Waals surface area (Å²) < 4.78 is 0. The first-order valence-corrected chi connectivity index (χ1v) is 2.98. The first-order valence-electron chi connectivity index (χ1n) is 2.98. The molecule has 0 fully saturated rings. The summed E-state index contributed by atoms with van der Waals surface area (Å²) in [5, 5.41) is 8.86. The number of aliphatic hydroxyl groups excluding tert-OH is 1. The van der Waals surface area contributed by atoms with Crippen molar-refractivity contribution in [3.63, 3.8) is 0 Å². The Bertz CT molecular complexity index is 116. The molecule has 2 heteroatoms. The lowest BCUT2D eigenvalue weighted by Gasteiger charge is -1.99. The standard InChI is InChI=1S/C7H12O2/c1-3-4-5-7(9)6(2)8/h3-4,7,9H,5H2,1-2H3/b4-3-/t7-/m0/s1. The van der Waals surface area contributed by atoms with Gasteiger partial charge in [-0.3, -0.25) is 4.79 Å². The van der Waals surface area contributed by atoms with Crippen LogP contribution < -0.4 is 0 Å². The van der Waals surface area contributed by atoms with Gasteiger partial charge in [-0.05, 0) is 20.3 Å². The number of aliphatic hydroxyl groups is 1. The van der Waals surface area contributed by atoms with Crippen molar-refractivity contribution >= 4 is 5.78 Å². The third kappa shape index (κ3) is 3.91. The van der Waals surface area contributed by atoms with Crippen LogP contribution >= 0.6 is 0 Å². The van der Waals surface area contributed by atoms with E-state index in [0.717, 1.165) is 0 Å². The third-order valence-corrected chi connectivity index (χ3v) is 1.06. The molecule has 0 aromatic rings. The van der Waals surface area contributed by atoms with Gasteiger partial charge in [-0.25, -0.2) is 0 Å². The SMILES string of the molecule is C/C=C\C[C@H](O)C(C)=O. The van der Waals surface area contributed by atoms with E-state index < -0.39 is 6.10 Å². The number of hydrogen-bond donors (Lipinski definition) is 1. The lowest BCUT2D eigenvalue weighted by atomic mass is 10.2. The van der Waals surface area contributed by atoms with E-state index in [2.05, 4.69) is 0 Å². The average molecular weight is 128 g/mol. The van der Waals surface area contributed by atoms with E-state index >= 15 is 0 Å². The summed E-state index contributed by atoms with van der Waals surface area (Å²) in [6.45, 7) is 3.24. The topological polar surface area (TPSA) is 37.3 Å². The molecule has 1 atom stereocenters. The first-order chi connectivity index (χ1) is 4.18. The maximum absolute atomic E-state index is 10.4. The van der Waals surface area contributed by atoms with Gasteiger partial charge >= 0.3 is 0 Å². The van der Waals surface area contributed by atoms with Crippen LogP contribution in [0.2, 0.25) is 0 Å². The van der Waals surface area contributed by atoms with Crippen LogP contribution in [0.5, 0.6) is 0 Å². The Morgan fingerprint density at radius 3 is 2.67 bits per heavy atom. The van der Waals surface area contributed by atoms with Crippen molar-refractivity contribution in [1.29, 1.82) is 0 Å². The van der Waals surface area contributed by atoms with Crippen LogP contribution in [0.25, 0.3) is 0 Å². The molecular formula is C7H12O2. The van der Waals surface area contributed by atoms with Crippen molar-refractivity contribution in [2.45, 2.75) is 26.4 Å². The van der Waals surface area contributed by atoms with Gasteiger partial charge in [0.05, 0.1) is 0 Å². The second-order valence-corrected chi connectivity index (χ2v) is 1.93. The zero-order chi connectivity index (χ0) is 7.28. The molecule has 0 aromatic carbocycles. The van der Waals surface area contributed by atoms with Crippen LogP contribution in [0.3, 0.4) is 0 Å². The van der Waals surface area contributed by atoms with Crippen LogP contribution in [0.4, 0.5) is 0 Å². The van der Waals surface area contributed by atoms with Gasteiger partial charge in [-0.15, -0.1) is 0 Å². The van der Waals surface area contributed by atoms with E-state index in [1.165, 1.54) is 6.92 Å². The molecule has 0 amide bonds. The Morgan fingerprint density at radius 2 is 2.33 bits per heavy atom. The highest BCUT2D eigenvalue weighted by Gasteiger charge is 2.05. The fourth-order valence-electron chi connectivity index (χ4n) is 0.431. The number of hydrogen-bond acceptors (Lipinski definition) is 2. The molecule has 2 nitrogen and oxygen atoms in total. The minimum absolute atomic E-state index is 0.173. The first kappa shape index (κ1) is 8.37. The molecule has 52 valence electrons. The van der Waals surface area contributed by atoms with Gasteiger partial charge < -0.3 is 5.11 Å². The van der Waals surface area contributed by atoms with Crippen LogP contribution in [-0.2, 0) is 4.79 Å². The lowest BCUT2D eigenvalue weighted by Crippen LogP contribution is -2.15. The Hall–Kier alpha value is -0.630. The number of Topliss-reactive ketones (excluding diaryl/α,β-unsaturated/α-hetero) is 1. The van der Waals surface area contributed by atoms with Gasteiger partial charge in [-0.2, -0.15) is 0 Å². The number of ketones is 1. The van der Waals surface area contributed by atoms with Crippen molar-refractivity contribution in [2.75, 3.05) is 0 Å². The molecule has 0 radical (unpaired) electrons. The molecule has 0 bridgehead atoms. The van der Waals surface area contributed by atoms with Crippen molar-refractivity contribution in [3.8, 4) is 0 Å². The minimum Gasteiger partial charge on any atom is -0.385 e. The van der Waals surface area contributed by atoms with Gasteiger partial charge in [0.15, 0.2) is 5.78 Å². The molecule has 0 saturated heterocycles. The third-order valence-electron chi connectivity index (χ3n) is 1.06. The molecule has 0 spiro atoms. The van der Waals surface area contributed by atoms with E-state index in [1.807, 2.05) is 13.0 Å². The molecule has 9 heavy (non-hydrogen) atoms. The van der Waals surface area contributed by atoms with Gasteiger partial charge in [0.25, 0.3) is 0 Å². The van der Waals surface area contributed by atoms with Gasteiger partial charge in [-0.1, -0.05) is 12.2 Å². The second kappa shape index (κ2) is 4.27. The molecular weight excluding hydrogens is 116 g/mol. The highest BCUT2D eigenvalue weighted by atomic mass is 16.3. The smallest absolute Gasteiger partial charge is 0.158 e. The number of carbonyl (C=O) groups excluding carboxylic acids is 1. The molecule has 0 saturated carbocycles. The predicted octanol–water partition coefficient (Wildman–Crippen LogP) is 0.903. The largest absolute Gasteiger partial charge is 0.385 e. The Morgan fingerprint density at radius 1 is 1.78 bits per heavy atom. The summed E-state index contributed by atoms with van der Waals surface area (Å²) in [5.41, 5.74) is 0. The van der Waals surface area contributed by atoms with Crippen molar-refractivity contribution in [3.05, 3.63) is 12.2 Å². The summed E-state index contributed by atoms with van der Waals surface area (Å²) >= 11 is 0. The van der Waals surface area contributed by atoms with Crippen molar-refractivity contribution in [1.82, 2.24) is 0 Å². The average Bonchev–Trinajstić information content (AvgIpc) is 1.82. The van der Waals surface area contributed by atoms with E-state index in [-0.39, 0.29) is 5.78 Å². The Kier molecular flexibility index (Phi) is 3.97. The Labute approximate surface area is 55.2 Å². The van der Waals surface area contributed by atoms with E-state index in [0.29, 0.717) is 6.42 Å². The molecule has 0 aliphatic carbocycles. The summed E-state index contributed by atoms with van der Waals surface area (Å²) in [4.78, 5) is 10.4. The molecule has 0 aliphatic heterocycles. The normalized spacial score (nSPS) is 14.1. The second-order valence-electron chi connectivity index (χ2n) is 1.93. The van der Waals surface area contributed by atoms with Crippen LogP contribution in [0.1, 0.15) is 20.3 Å². The maximum Gasteiger partial charge on any atom is 0.158 e. The van der Waals surface area contributed by atoms with Crippen LogP contribution in [0, 0.1) is 0 Å². The summed E-state index contributed by atoms with van der Waals surface area (Å²) in [5.74, 6) is -0.173. The van der Waals surface area contributed by atoms with Gasteiger partial charge in [0.2, 0.25) is 0 Å². The zero-order valence-electron chi connectivity index (χ0n) is 5.79. The zero-order valence-corrected chi connectivity index (χ0v) is 5.79. The monoisotopic (exact) mass is 128 g/mol. The lowest BCUT2D eigenvalue weighted by molar-refractivity contribution is -0.124. The number of carbonyl (C=O) groups is 1. The highest BCUT2D eigenvalue weighted by molar-refractivity contribution is 5.80. The van der Waals surface area contributed by atoms with E-state index in [1.54, 1.807) is 6.08 Å². The van der Waals surface area contributed by atoms with Crippen LogP contribution in [0.15, 0.2) is 12.2 Å². The summed E-state index contributed by atoms with van der Waals surface area (Å²) in [7, 11) is 0. The van der Waals surface area contributed by atoms with Crippen molar-refractivity contribution in [2.24, 2.45) is 0 Å². The van der Waals surface area contributed by atoms with E-state index in [9.17, 15) is 4.79 Å². The maximum atomic E-state index is 10.4. The fraction of sp³-hybridized carbons (Fsp3) is 0.571. The van der Waals surface area contributed by atoms with Crippen molar-refractivity contribution < 1.29 is 9.90 Å². The fourth-order valence-corrected chi connectivity index (χ4v) is 0.431. The van der Waals surface area contributed by atoms with E-state index in [4.69, 9.17) is 5.11 Å². The predicted molar refractivity (Wildman–Crippen MR) is 36.1 cm³/mol. The highest BCUT2D eigenvalue weighted by Crippen LogP contribution is 1.93. The van der Waals surface area contributed by atoms with Gasteiger partial charge in [0.1, 0.15) is 6.10 Å².